The van der Waals surface area contributed by atoms with Crippen LogP contribution < -0.4 is 15.6 Å². The molecule has 0 saturated carbocycles. The number of primary sulfonamides is 1. The van der Waals surface area contributed by atoms with Gasteiger partial charge in [0.1, 0.15) is 0 Å². The smallest absolute Gasteiger partial charge is 0.268 e. The van der Waals surface area contributed by atoms with Gasteiger partial charge in [0.25, 0.3) is 5.56 Å². The van der Waals surface area contributed by atoms with E-state index >= 15 is 0 Å². The molecule has 1 aromatic carbocycles. The van der Waals surface area contributed by atoms with Gasteiger partial charge in [-0.05, 0) is 43.7 Å². The molecule has 30 heavy (non-hydrogen) atoms. The molecule has 0 spiro atoms. The monoisotopic (exact) mass is 448 g/mol. The third-order valence-electron chi connectivity index (χ3n) is 5.24. The highest BCUT2D eigenvalue weighted by Crippen LogP contribution is 2.20. The van der Waals surface area contributed by atoms with Gasteiger partial charge in [-0.3, -0.25) is 13.7 Å². The number of aryl methyl sites for hydroxylation is 1. The molecule has 0 amide bonds. The number of nitrogens with zero attached hydrogens (tertiary/aromatic N) is 5. The molecule has 160 valence electrons. The van der Waals surface area contributed by atoms with Gasteiger partial charge in [0.15, 0.2) is 0 Å². The Morgan fingerprint density at radius 1 is 1.03 bits per heavy atom. The molecule has 4 rings (SSSR count). The van der Waals surface area contributed by atoms with Gasteiger partial charge in [-0.2, -0.15) is 0 Å². The van der Waals surface area contributed by atoms with Gasteiger partial charge in [0.05, 0.1) is 15.0 Å². The molecule has 1 aliphatic heterocycles. The van der Waals surface area contributed by atoms with Gasteiger partial charge in [0, 0.05) is 45.1 Å². The molecule has 2 aromatic heterocycles. The van der Waals surface area contributed by atoms with Crippen LogP contribution in [0.3, 0.4) is 0 Å². The maximum absolute atomic E-state index is 12.6. The predicted molar refractivity (Wildman–Crippen MR) is 117 cm³/mol. The molecule has 0 aliphatic carbocycles. The first kappa shape index (κ1) is 20.9. The molecule has 0 atom stereocenters. The fourth-order valence-corrected chi connectivity index (χ4v) is 5.14. The van der Waals surface area contributed by atoms with Crippen molar-refractivity contribution in [2.24, 2.45) is 5.14 Å². The molecule has 2 N–H and O–H groups in total. The van der Waals surface area contributed by atoms with E-state index in [1.165, 1.54) is 23.7 Å². The van der Waals surface area contributed by atoms with Crippen molar-refractivity contribution < 1.29 is 8.42 Å². The zero-order chi connectivity index (χ0) is 21.1. The van der Waals surface area contributed by atoms with E-state index in [0.29, 0.717) is 11.9 Å². The lowest BCUT2D eigenvalue weighted by Crippen LogP contribution is -2.47. The van der Waals surface area contributed by atoms with Crippen LogP contribution in [0.1, 0.15) is 12.8 Å². The summed E-state index contributed by atoms with van der Waals surface area (Å²) in [5.41, 5.74) is -0.156. The first-order valence-electron chi connectivity index (χ1n) is 9.83. The van der Waals surface area contributed by atoms with E-state index in [9.17, 15) is 13.2 Å². The Morgan fingerprint density at radius 2 is 1.73 bits per heavy atom. The van der Waals surface area contributed by atoms with Crippen LogP contribution >= 0.6 is 11.5 Å². The second-order valence-corrected chi connectivity index (χ2v) is 9.91. The van der Waals surface area contributed by atoms with Crippen molar-refractivity contribution in [1.29, 1.82) is 0 Å². The van der Waals surface area contributed by atoms with E-state index in [2.05, 4.69) is 19.8 Å². The molecular weight excluding hydrogens is 424 g/mol. The number of rotatable bonds is 7. The Balaban J connectivity index is 1.27. The molecular formula is C19H24N6O3S2. The molecule has 1 aliphatic rings. The SMILES string of the molecule is NS(=O)(=O)c1ccc2sn(CCCCN3CCN(c4ncccn4)CC3)c(=O)c2c1. The van der Waals surface area contributed by atoms with Gasteiger partial charge in [-0.15, -0.1) is 0 Å². The minimum atomic E-state index is -3.82. The maximum atomic E-state index is 12.6. The molecule has 3 aromatic rings. The van der Waals surface area contributed by atoms with E-state index in [1.807, 2.05) is 6.07 Å². The summed E-state index contributed by atoms with van der Waals surface area (Å²) in [7, 11) is -3.82. The molecule has 0 unspecified atom stereocenters. The number of unbranched alkanes of at least 4 members (excludes halogenated alkanes) is 1. The number of fused-ring (bicyclic) bond motifs is 1. The Kier molecular flexibility index (Phi) is 6.14. The zero-order valence-electron chi connectivity index (χ0n) is 16.5. The van der Waals surface area contributed by atoms with Crippen molar-refractivity contribution in [3.63, 3.8) is 0 Å². The van der Waals surface area contributed by atoms with Crippen LogP contribution in [0, 0.1) is 0 Å². The van der Waals surface area contributed by atoms with Crippen molar-refractivity contribution in [2.75, 3.05) is 37.6 Å². The second-order valence-electron chi connectivity index (χ2n) is 7.29. The quantitative estimate of drug-likeness (QED) is 0.538. The fraction of sp³-hybridized carbons (Fsp3) is 0.421. The Morgan fingerprint density at radius 3 is 2.43 bits per heavy atom. The third kappa shape index (κ3) is 4.69. The largest absolute Gasteiger partial charge is 0.338 e. The summed E-state index contributed by atoms with van der Waals surface area (Å²) in [5, 5.41) is 5.58. The number of aromatic nitrogens is 3. The van der Waals surface area contributed by atoms with Crippen LogP contribution in [0.15, 0.2) is 46.3 Å². The maximum Gasteiger partial charge on any atom is 0.268 e. The van der Waals surface area contributed by atoms with Crippen molar-refractivity contribution in [1.82, 2.24) is 18.8 Å². The fourth-order valence-electron chi connectivity index (χ4n) is 3.59. The van der Waals surface area contributed by atoms with Gasteiger partial charge in [0.2, 0.25) is 16.0 Å². The molecule has 0 bridgehead atoms. The zero-order valence-corrected chi connectivity index (χ0v) is 18.1. The number of sulfonamides is 1. The van der Waals surface area contributed by atoms with Gasteiger partial charge < -0.3 is 4.90 Å². The van der Waals surface area contributed by atoms with E-state index in [-0.39, 0.29) is 10.5 Å². The van der Waals surface area contributed by atoms with Crippen molar-refractivity contribution in [3.05, 3.63) is 47.0 Å². The lowest BCUT2D eigenvalue weighted by atomic mass is 10.2. The predicted octanol–water partition coefficient (Wildman–Crippen LogP) is 1.10. The van der Waals surface area contributed by atoms with Crippen LogP contribution in [0.2, 0.25) is 0 Å². The van der Waals surface area contributed by atoms with E-state index in [0.717, 1.165) is 56.2 Å². The highest BCUT2D eigenvalue weighted by atomic mass is 32.2. The minimum absolute atomic E-state index is 0.0305. The normalized spacial score (nSPS) is 15.7. The number of benzene rings is 1. The standard InChI is InChI=1S/C19H24N6O3S2/c20-30(27,28)15-4-5-17-16(14-15)18(26)25(29-17)9-2-1-8-23-10-12-24(13-11-23)19-21-6-3-7-22-19/h3-7,14H,1-2,8-13H2,(H2,20,27,28). The Labute approximate surface area is 179 Å². The van der Waals surface area contributed by atoms with E-state index in [4.69, 9.17) is 5.14 Å². The summed E-state index contributed by atoms with van der Waals surface area (Å²) in [5.74, 6) is 0.784. The van der Waals surface area contributed by atoms with Crippen molar-refractivity contribution in [3.8, 4) is 0 Å². The van der Waals surface area contributed by atoms with E-state index < -0.39 is 10.0 Å². The highest BCUT2D eigenvalue weighted by molar-refractivity contribution is 7.89. The average Bonchev–Trinajstić information content (AvgIpc) is 3.07. The Bertz CT molecular complexity index is 1170. The van der Waals surface area contributed by atoms with E-state index in [1.54, 1.807) is 22.4 Å². The highest BCUT2D eigenvalue weighted by Gasteiger charge is 2.18. The summed E-state index contributed by atoms with van der Waals surface area (Å²) in [6.07, 6.45) is 5.41. The van der Waals surface area contributed by atoms with Crippen LogP contribution in [0.25, 0.3) is 10.1 Å². The summed E-state index contributed by atoms with van der Waals surface area (Å²) in [6.45, 7) is 5.37. The number of hydrogen-bond acceptors (Lipinski definition) is 8. The van der Waals surface area contributed by atoms with Crippen LogP contribution in [0.4, 0.5) is 5.95 Å². The minimum Gasteiger partial charge on any atom is -0.338 e. The Hall–Kier alpha value is -2.34. The second kappa shape index (κ2) is 8.80. The number of piperazine rings is 1. The number of nitrogens with two attached hydrogens (primary N) is 1. The van der Waals surface area contributed by atoms with Gasteiger partial charge in [-0.25, -0.2) is 23.5 Å². The topological polar surface area (TPSA) is 114 Å². The summed E-state index contributed by atoms with van der Waals surface area (Å²) in [6, 6.07) is 6.28. The van der Waals surface area contributed by atoms with Crippen LogP contribution in [-0.2, 0) is 16.6 Å². The lowest BCUT2D eigenvalue weighted by molar-refractivity contribution is 0.250. The average molecular weight is 449 g/mol. The third-order valence-corrected chi connectivity index (χ3v) is 7.27. The first-order chi connectivity index (χ1) is 14.4. The molecule has 1 fully saturated rings. The van der Waals surface area contributed by atoms with Crippen molar-refractivity contribution in [2.45, 2.75) is 24.3 Å². The molecule has 11 heteroatoms. The van der Waals surface area contributed by atoms with Crippen LogP contribution in [-0.4, -0.2) is 60.0 Å². The van der Waals surface area contributed by atoms with Gasteiger partial charge >= 0.3 is 0 Å². The summed E-state index contributed by atoms with van der Waals surface area (Å²) < 4.78 is 25.5. The molecule has 0 radical (unpaired) electrons. The molecule has 3 heterocycles. The lowest BCUT2D eigenvalue weighted by Gasteiger charge is -2.34. The summed E-state index contributed by atoms with van der Waals surface area (Å²) >= 11 is 1.36. The molecule has 1 saturated heterocycles. The summed E-state index contributed by atoms with van der Waals surface area (Å²) in [4.78, 5) is 25.8. The first-order valence-corrected chi connectivity index (χ1v) is 12.1. The number of anilines is 1. The van der Waals surface area contributed by atoms with Crippen LogP contribution in [0.5, 0.6) is 0 Å². The van der Waals surface area contributed by atoms with Crippen molar-refractivity contribution >= 4 is 37.6 Å². The van der Waals surface area contributed by atoms with Gasteiger partial charge in [-0.1, -0.05) is 11.5 Å². The number of hydrogen-bond donors (Lipinski definition) is 1. The molecule has 9 nitrogen and oxygen atoms in total.